The zero-order chi connectivity index (χ0) is 12.3. The number of rotatable bonds is 3. The number of pyridine rings is 1. The molecule has 1 N–H and O–H groups in total. The van der Waals surface area contributed by atoms with Crippen molar-refractivity contribution in [3.8, 4) is 5.75 Å². The Morgan fingerprint density at radius 3 is 2.88 bits per heavy atom. The average molecular weight is 236 g/mol. The number of piperidine rings is 1. The van der Waals surface area contributed by atoms with Crippen LogP contribution in [0.1, 0.15) is 23.2 Å². The molecule has 5 heteroatoms. The Morgan fingerprint density at radius 2 is 2.24 bits per heavy atom. The Bertz CT molecular complexity index is 400. The number of hydrogen-bond donors (Lipinski definition) is 1. The van der Waals surface area contributed by atoms with Crippen LogP contribution in [-0.2, 0) is 0 Å². The Labute approximate surface area is 100 Å². The fraction of sp³-hybridized carbons (Fsp3) is 0.500. The molecule has 1 aromatic heterocycles. The normalized spacial score (nSPS) is 17.9. The number of nitrogens with zero attached hydrogens (tertiary/aromatic N) is 2. The van der Waals surface area contributed by atoms with Crippen LogP contribution >= 0.6 is 0 Å². The number of carboxylic acid groups (broad SMARTS) is 1. The minimum atomic E-state index is -0.977. The van der Waals surface area contributed by atoms with Crippen LogP contribution in [0.25, 0.3) is 0 Å². The molecule has 0 radical (unpaired) electrons. The second-order valence-corrected chi connectivity index (χ2v) is 4.30. The maximum atomic E-state index is 11.0. The van der Waals surface area contributed by atoms with Crippen LogP contribution in [0, 0.1) is 0 Å². The van der Waals surface area contributed by atoms with E-state index in [9.17, 15) is 4.79 Å². The van der Waals surface area contributed by atoms with Crippen LogP contribution in [-0.4, -0.2) is 47.2 Å². The van der Waals surface area contributed by atoms with Gasteiger partial charge in [0, 0.05) is 19.3 Å². The van der Waals surface area contributed by atoms with E-state index < -0.39 is 5.97 Å². The molecule has 2 rings (SSSR count). The van der Waals surface area contributed by atoms with Crippen LogP contribution in [0.5, 0.6) is 5.75 Å². The predicted octanol–water partition coefficient (Wildman–Crippen LogP) is 1.25. The van der Waals surface area contributed by atoms with Gasteiger partial charge in [-0.2, -0.15) is 0 Å². The lowest BCUT2D eigenvalue weighted by Gasteiger charge is -2.29. The summed E-state index contributed by atoms with van der Waals surface area (Å²) in [5.74, 6) is -0.607. The third kappa shape index (κ3) is 2.94. The highest BCUT2D eigenvalue weighted by Crippen LogP contribution is 2.21. The number of likely N-dealkylation sites (tertiary alicyclic amines) is 1. The van der Waals surface area contributed by atoms with E-state index in [1.165, 1.54) is 18.5 Å². The van der Waals surface area contributed by atoms with Crippen LogP contribution in [0.15, 0.2) is 18.5 Å². The van der Waals surface area contributed by atoms with Gasteiger partial charge >= 0.3 is 5.97 Å². The molecule has 1 aliphatic heterocycles. The number of carbonyl (C=O) groups is 1. The van der Waals surface area contributed by atoms with E-state index in [1.54, 1.807) is 0 Å². The number of aromatic carboxylic acids is 1. The topological polar surface area (TPSA) is 62.7 Å². The molecule has 0 aromatic carbocycles. The summed E-state index contributed by atoms with van der Waals surface area (Å²) in [6.07, 6.45) is 4.87. The van der Waals surface area contributed by atoms with Crippen molar-refractivity contribution in [2.45, 2.75) is 18.9 Å². The molecule has 0 saturated carbocycles. The fourth-order valence-corrected chi connectivity index (χ4v) is 1.93. The van der Waals surface area contributed by atoms with E-state index in [0.717, 1.165) is 25.9 Å². The first kappa shape index (κ1) is 11.9. The standard InChI is InChI=1S/C12H16N2O3/c1-14-6-3-9(4-7-14)17-11-8-13-5-2-10(11)12(15)16/h2,5,8-9H,3-4,6-7H2,1H3,(H,15,16). The van der Waals surface area contributed by atoms with Gasteiger partial charge in [-0.05, 0) is 26.0 Å². The Balaban J connectivity index is 2.05. The molecule has 92 valence electrons. The van der Waals surface area contributed by atoms with Crippen molar-refractivity contribution in [3.05, 3.63) is 24.0 Å². The summed E-state index contributed by atoms with van der Waals surface area (Å²) < 4.78 is 5.73. The van der Waals surface area contributed by atoms with Gasteiger partial charge in [0.05, 0.1) is 6.20 Å². The second kappa shape index (κ2) is 5.14. The number of hydrogen-bond acceptors (Lipinski definition) is 4. The van der Waals surface area contributed by atoms with Crippen LogP contribution in [0.3, 0.4) is 0 Å². The fourth-order valence-electron chi connectivity index (χ4n) is 1.93. The highest BCUT2D eigenvalue weighted by Gasteiger charge is 2.20. The molecular formula is C12H16N2O3. The third-order valence-electron chi connectivity index (χ3n) is 2.97. The minimum absolute atomic E-state index is 0.0912. The average Bonchev–Trinajstić information content (AvgIpc) is 2.32. The van der Waals surface area contributed by atoms with Gasteiger partial charge in [-0.1, -0.05) is 0 Å². The molecular weight excluding hydrogens is 220 g/mol. The van der Waals surface area contributed by atoms with Crippen molar-refractivity contribution in [2.24, 2.45) is 0 Å². The van der Waals surface area contributed by atoms with Gasteiger partial charge in [-0.25, -0.2) is 4.79 Å². The van der Waals surface area contributed by atoms with Gasteiger partial charge in [0.15, 0.2) is 5.75 Å². The summed E-state index contributed by atoms with van der Waals surface area (Å²) in [5.41, 5.74) is 0.180. The first-order chi connectivity index (χ1) is 8.16. The first-order valence-electron chi connectivity index (χ1n) is 5.69. The number of aromatic nitrogens is 1. The summed E-state index contributed by atoms with van der Waals surface area (Å²) in [7, 11) is 2.07. The van der Waals surface area contributed by atoms with Crippen LogP contribution < -0.4 is 4.74 Å². The maximum absolute atomic E-state index is 11.0. The molecule has 0 aliphatic carbocycles. The first-order valence-corrected chi connectivity index (χ1v) is 5.69. The molecule has 0 atom stereocenters. The Morgan fingerprint density at radius 1 is 1.53 bits per heavy atom. The molecule has 17 heavy (non-hydrogen) atoms. The molecule has 1 saturated heterocycles. The van der Waals surface area contributed by atoms with Crippen molar-refractivity contribution >= 4 is 5.97 Å². The molecule has 5 nitrogen and oxygen atoms in total. The molecule has 0 unspecified atom stereocenters. The van der Waals surface area contributed by atoms with E-state index in [2.05, 4.69) is 16.9 Å². The third-order valence-corrected chi connectivity index (χ3v) is 2.97. The maximum Gasteiger partial charge on any atom is 0.339 e. The molecule has 0 bridgehead atoms. The van der Waals surface area contributed by atoms with Crippen molar-refractivity contribution in [2.75, 3.05) is 20.1 Å². The van der Waals surface area contributed by atoms with Crippen LogP contribution in [0.4, 0.5) is 0 Å². The van der Waals surface area contributed by atoms with E-state index in [0.29, 0.717) is 5.75 Å². The van der Waals surface area contributed by atoms with E-state index in [4.69, 9.17) is 9.84 Å². The number of carboxylic acids is 1. The van der Waals surface area contributed by atoms with Crippen molar-refractivity contribution in [1.29, 1.82) is 0 Å². The molecule has 1 aromatic rings. The number of ether oxygens (including phenoxy) is 1. The Hall–Kier alpha value is -1.62. The highest BCUT2D eigenvalue weighted by atomic mass is 16.5. The lowest BCUT2D eigenvalue weighted by atomic mass is 10.1. The monoisotopic (exact) mass is 236 g/mol. The molecule has 1 aliphatic rings. The SMILES string of the molecule is CN1CCC(Oc2cnccc2C(=O)O)CC1. The zero-order valence-electron chi connectivity index (χ0n) is 9.80. The summed E-state index contributed by atoms with van der Waals surface area (Å²) in [4.78, 5) is 17.1. The van der Waals surface area contributed by atoms with E-state index >= 15 is 0 Å². The van der Waals surface area contributed by atoms with Crippen molar-refractivity contribution < 1.29 is 14.6 Å². The highest BCUT2D eigenvalue weighted by molar-refractivity contribution is 5.90. The zero-order valence-corrected chi connectivity index (χ0v) is 9.80. The van der Waals surface area contributed by atoms with Gasteiger partial charge in [-0.15, -0.1) is 0 Å². The molecule has 0 amide bonds. The van der Waals surface area contributed by atoms with Gasteiger partial charge in [0.1, 0.15) is 11.7 Å². The van der Waals surface area contributed by atoms with Gasteiger partial charge in [0.2, 0.25) is 0 Å². The lowest BCUT2D eigenvalue weighted by molar-refractivity contribution is 0.0680. The summed E-state index contributed by atoms with van der Waals surface area (Å²) >= 11 is 0. The van der Waals surface area contributed by atoms with E-state index in [-0.39, 0.29) is 11.7 Å². The van der Waals surface area contributed by atoms with Gasteiger partial charge in [0.25, 0.3) is 0 Å². The van der Waals surface area contributed by atoms with Crippen molar-refractivity contribution in [3.63, 3.8) is 0 Å². The molecule has 2 heterocycles. The minimum Gasteiger partial charge on any atom is -0.488 e. The van der Waals surface area contributed by atoms with Gasteiger partial charge < -0.3 is 14.7 Å². The van der Waals surface area contributed by atoms with Gasteiger partial charge in [-0.3, -0.25) is 4.98 Å². The smallest absolute Gasteiger partial charge is 0.339 e. The van der Waals surface area contributed by atoms with E-state index in [1.807, 2.05) is 0 Å². The predicted molar refractivity (Wildman–Crippen MR) is 62.3 cm³/mol. The summed E-state index contributed by atoms with van der Waals surface area (Å²) in [6.45, 7) is 1.96. The summed E-state index contributed by atoms with van der Waals surface area (Å²) in [5, 5.41) is 9.02. The quantitative estimate of drug-likeness (QED) is 0.855. The molecule has 1 fully saturated rings. The molecule has 0 spiro atoms. The van der Waals surface area contributed by atoms with Crippen molar-refractivity contribution in [1.82, 2.24) is 9.88 Å². The largest absolute Gasteiger partial charge is 0.488 e. The lowest BCUT2D eigenvalue weighted by Crippen LogP contribution is -2.35. The van der Waals surface area contributed by atoms with Crippen LogP contribution in [0.2, 0.25) is 0 Å². The summed E-state index contributed by atoms with van der Waals surface area (Å²) in [6, 6.07) is 1.46. The Kier molecular flexibility index (Phi) is 3.58. The second-order valence-electron chi connectivity index (χ2n) is 4.30.